The van der Waals surface area contributed by atoms with Crippen molar-refractivity contribution in [2.45, 2.75) is 31.7 Å². The number of amides is 1. The highest BCUT2D eigenvalue weighted by Crippen LogP contribution is 2.32. The van der Waals surface area contributed by atoms with E-state index in [1.165, 1.54) is 18.2 Å². The van der Waals surface area contributed by atoms with Crippen molar-refractivity contribution in [1.82, 2.24) is 0 Å². The average Bonchev–Trinajstić information content (AvgIpc) is 3.06. The Bertz CT molecular complexity index is 890. The summed E-state index contributed by atoms with van der Waals surface area (Å²) in [7, 11) is 1.53. The van der Waals surface area contributed by atoms with E-state index in [1.807, 2.05) is 18.3 Å². The van der Waals surface area contributed by atoms with E-state index in [1.54, 1.807) is 12.1 Å². The minimum Gasteiger partial charge on any atom is -0.496 e. The van der Waals surface area contributed by atoms with Crippen molar-refractivity contribution in [1.29, 1.82) is 0 Å². The van der Waals surface area contributed by atoms with Crippen LogP contribution in [-0.2, 0) is 6.42 Å². The molecule has 1 amide bonds. The average molecular weight is 377 g/mol. The number of allylic oxidation sites excluding steroid dienone is 1. The molecule has 5 heteroatoms. The van der Waals surface area contributed by atoms with Crippen molar-refractivity contribution in [3.63, 3.8) is 0 Å². The highest BCUT2D eigenvalue weighted by Gasteiger charge is 2.29. The molecule has 5 nitrogen and oxygen atoms in total. The first kappa shape index (κ1) is 19.7. The van der Waals surface area contributed by atoms with Crippen molar-refractivity contribution in [3.05, 3.63) is 71.3 Å². The summed E-state index contributed by atoms with van der Waals surface area (Å²) in [6, 6.07) is 15.8. The second-order valence-corrected chi connectivity index (χ2v) is 7.22. The van der Waals surface area contributed by atoms with Gasteiger partial charge in [-0.2, -0.15) is 0 Å². The quantitative estimate of drug-likeness (QED) is 0.649. The molecule has 3 N–H and O–H groups in total. The van der Waals surface area contributed by atoms with Crippen LogP contribution in [-0.4, -0.2) is 31.3 Å². The zero-order valence-electron chi connectivity index (χ0n) is 16.4. The molecule has 1 aliphatic heterocycles. The second-order valence-electron chi connectivity index (χ2n) is 7.22. The molecule has 1 unspecified atom stereocenters. The first-order valence-electron chi connectivity index (χ1n) is 9.52. The standard InChI is InChI=1S/C23H27N3O2/c1-23(18(11-14-26-23)15-17-7-4-3-5-8-17)12-6-13-25-19-9-10-20(22(24)27)21(16-19)28-2/h3-5,7-11,14,16,25H,6,12-13,15H2,1-2H3,(H2,24,27). The van der Waals surface area contributed by atoms with Crippen LogP contribution in [0.1, 0.15) is 35.7 Å². The number of methoxy groups -OCH3 is 1. The maximum Gasteiger partial charge on any atom is 0.252 e. The van der Waals surface area contributed by atoms with Gasteiger partial charge in [-0.1, -0.05) is 30.3 Å². The zero-order valence-corrected chi connectivity index (χ0v) is 16.4. The lowest BCUT2D eigenvalue weighted by atomic mass is 9.85. The minimum absolute atomic E-state index is 0.148. The molecule has 0 saturated heterocycles. The number of nitrogens with two attached hydrogens (primary N) is 1. The molecule has 0 radical (unpaired) electrons. The van der Waals surface area contributed by atoms with Crippen LogP contribution in [0.2, 0.25) is 0 Å². The van der Waals surface area contributed by atoms with Crippen LogP contribution >= 0.6 is 0 Å². The van der Waals surface area contributed by atoms with Gasteiger partial charge >= 0.3 is 0 Å². The molecule has 28 heavy (non-hydrogen) atoms. The Kier molecular flexibility index (Phi) is 6.14. The first-order chi connectivity index (χ1) is 13.5. The Morgan fingerprint density at radius 1 is 1.21 bits per heavy atom. The first-order valence-corrected chi connectivity index (χ1v) is 9.52. The molecule has 0 aromatic heterocycles. The number of primary amides is 1. The minimum atomic E-state index is -0.492. The van der Waals surface area contributed by atoms with E-state index in [-0.39, 0.29) is 5.54 Å². The largest absolute Gasteiger partial charge is 0.496 e. The zero-order chi connectivity index (χ0) is 20.0. The smallest absolute Gasteiger partial charge is 0.252 e. The lowest BCUT2D eigenvalue weighted by Gasteiger charge is -2.26. The van der Waals surface area contributed by atoms with E-state index in [2.05, 4.69) is 42.6 Å². The van der Waals surface area contributed by atoms with Crippen LogP contribution in [0.3, 0.4) is 0 Å². The van der Waals surface area contributed by atoms with E-state index < -0.39 is 5.91 Å². The van der Waals surface area contributed by atoms with E-state index in [9.17, 15) is 4.79 Å². The number of benzene rings is 2. The fourth-order valence-electron chi connectivity index (χ4n) is 3.51. The summed E-state index contributed by atoms with van der Waals surface area (Å²) in [6.45, 7) is 3.01. The van der Waals surface area contributed by atoms with Crippen LogP contribution in [0.25, 0.3) is 0 Å². The Morgan fingerprint density at radius 2 is 2.00 bits per heavy atom. The molecule has 1 heterocycles. The normalized spacial score (nSPS) is 18.0. The van der Waals surface area contributed by atoms with Gasteiger partial charge in [0, 0.05) is 24.5 Å². The number of nitrogens with zero attached hydrogens (tertiary/aromatic N) is 1. The van der Waals surface area contributed by atoms with Crippen molar-refractivity contribution in [2.24, 2.45) is 10.7 Å². The summed E-state index contributed by atoms with van der Waals surface area (Å²) in [5.74, 6) is -0.00825. The summed E-state index contributed by atoms with van der Waals surface area (Å²) in [5.41, 5.74) is 9.16. The maximum atomic E-state index is 11.4. The lowest BCUT2D eigenvalue weighted by molar-refractivity contribution is 0.0997. The third-order valence-electron chi connectivity index (χ3n) is 5.20. The number of anilines is 1. The molecule has 0 fully saturated rings. The van der Waals surface area contributed by atoms with Crippen LogP contribution < -0.4 is 15.8 Å². The number of carbonyl (C=O) groups is 1. The molecule has 0 bridgehead atoms. The molecule has 0 aliphatic carbocycles. The summed E-state index contributed by atoms with van der Waals surface area (Å²) in [5, 5.41) is 3.39. The van der Waals surface area contributed by atoms with Gasteiger partial charge in [0.25, 0.3) is 5.91 Å². The molecule has 2 aromatic carbocycles. The van der Waals surface area contributed by atoms with Gasteiger partial charge in [0.15, 0.2) is 0 Å². The molecular weight excluding hydrogens is 350 g/mol. The highest BCUT2D eigenvalue weighted by atomic mass is 16.5. The van der Waals surface area contributed by atoms with Crippen molar-refractivity contribution in [2.75, 3.05) is 19.0 Å². The number of nitrogens with one attached hydrogen (secondary N) is 1. The molecule has 1 aliphatic rings. The summed E-state index contributed by atoms with van der Waals surface area (Å²) in [6.07, 6.45) is 6.94. The van der Waals surface area contributed by atoms with Gasteiger partial charge in [0.05, 0.1) is 18.2 Å². The van der Waals surface area contributed by atoms with Gasteiger partial charge in [-0.15, -0.1) is 0 Å². The molecule has 0 saturated carbocycles. The van der Waals surface area contributed by atoms with Crippen molar-refractivity contribution < 1.29 is 9.53 Å². The Labute approximate surface area is 166 Å². The van der Waals surface area contributed by atoms with Crippen LogP contribution in [0.15, 0.2) is 65.2 Å². The topological polar surface area (TPSA) is 76.7 Å². The number of ether oxygens (including phenoxy) is 1. The number of hydrogen-bond acceptors (Lipinski definition) is 4. The van der Waals surface area contributed by atoms with E-state index in [4.69, 9.17) is 15.5 Å². The van der Waals surface area contributed by atoms with Gasteiger partial charge in [-0.25, -0.2) is 0 Å². The Morgan fingerprint density at radius 3 is 2.71 bits per heavy atom. The molecular formula is C23H27N3O2. The third-order valence-corrected chi connectivity index (χ3v) is 5.20. The molecule has 3 rings (SSSR count). The van der Waals surface area contributed by atoms with Gasteiger partial charge in [0.2, 0.25) is 0 Å². The second kappa shape index (κ2) is 8.74. The molecule has 2 aromatic rings. The van der Waals surface area contributed by atoms with Crippen molar-refractivity contribution >= 4 is 17.8 Å². The highest BCUT2D eigenvalue weighted by molar-refractivity contribution is 5.96. The monoisotopic (exact) mass is 377 g/mol. The molecule has 1 atom stereocenters. The van der Waals surface area contributed by atoms with E-state index in [0.29, 0.717) is 11.3 Å². The maximum absolute atomic E-state index is 11.4. The Balaban J connectivity index is 1.54. The number of aliphatic imine (C=N–C) groups is 1. The van der Waals surface area contributed by atoms with Crippen LogP contribution in [0.4, 0.5) is 5.69 Å². The van der Waals surface area contributed by atoms with E-state index in [0.717, 1.165) is 31.5 Å². The molecule has 0 spiro atoms. The van der Waals surface area contributed by atoms with Crippen LogP contribution in [0, 0.1) is 0 Å². The molecule has 146 valence electrons. The number of hydrogen-bond donors (Lipinski definition) is 2. The summed E-state index contributed by atoms with van der Waals surface area (Å²) < 4.78 is 5.25. The van der Waals surface area contributed by atoms with Crippen molar-refractivity contribution in [3.8, 4) is 5.75 Å². The lowest BCUT2D eigenvalue weighted by Crippen LogP contribution is -2.25. The third kappa shape index (κ3) is 4.60. The Hall–Kier alpha value is -3.08. The fourth-order valence-corrected chi connectivity index (χ4v) is 3.51. The number of carbonyl (C=O) groups excluding carboxylic acids is 1. The van der Waals surface area contributed by atoms with Crippen LogP contribution in [0.5, 0.6) is 5.75 Å². The van der Waals surface area contributed by atoms with Gasteiger partial charge in [-0.3, -0.25) is 9.79 Å². The summed E-state index contributed by atoms with van der Waals surface area (Å²) >= 11 is 0. The SMILES string of the molecule is COc1cc(NCCCC2(C)N=CC=C2Cc2ccccc2)ccc1C(N)=O. The predicted octanol–water partition coefficient (Wildman–Crippen LogP) is 4.00. The van der Waals surface area contributed by atoms with Gasteiger partial charge in [0.1, 0.15) is 5.75 Å². The van der Waals surface area contributed by atoms with Gasteiger partial charge in [-0.05, 0) is 55.5 Å². The van der Waals surface area contributed by atoms with E-state index >= 15 is 0 Å². The number of rotatable bonds is 9. The fraction of sp³-hybridized carbons (Fsp3) is 0.304. The summed E-state index contributed by atoms with van der Waals surface area (Å²) in [4.78, 5) is 16.1. The predicted molar refractivity (Wildman–Crippen MR) is 114 cm³/mol. The van der Waals surface area contributed by atoms with Gasteiger partial charge < -0.3 is 15.8 Å².